The zero-order chi connectivity index (χ0) is 73.5. The SMILES string of the molecule is CC1=C2C[C@H]3[C@@H](CC[C@@H]4CNC(=O)CC[C@@]43C)[C@@H]2CC[C@@]2(C1)O[C@@H]1C[C@H](C)CN(S(C)(=O)=O)[C@H]1[C@H]2C.CC1=C2C[C@H]3[C@@H](CC[C@@H]4CNC(=O)CC[C@@]43C)[C@@H]2CC[C@@]2(C1)O[C@@H]1C[C@H](C)CN(S(C)(=O)=O)[C@H]1[C@H]2C.CC1=C2C[C@H]3[C@@H](CC[C@@H]4CNC(=O)CC[C@@]43C)[C@@H]2CC[C@@]2(C1)O[C@@H]1C[C@H](C)CN[C@H]1[C@H]2C. The number of piperidine rings is 3. The number of carbonyl (C=O) groups excluding carboxylic acids is 3. The Labute approximate surface area is 627 Å². The first-order valence-corrected chi connectivity index (χ1v) is 46.4. The average molecular weight is 1480 g/mol. The highest BCUT2D eigenvalue weighted by Gasteiger charge is 2.65. The molecule has 0 aromatic rings. The van der Waals surface area contributed by atoms with Crippen LogP contribution in [0.1, 0.15) is 256 Å². The van der Waals surface area contributed by atoms with E-state index in [2.05, 4.69) is 104 Å². The van der Waals surface area contributed by atoms with E-state index >= 15 is 0 Å². The molecule has 18 aliphatic rings. The van der Waals surface area contributed by atoms with Crippen molar-refractivity contribution in [2.45, 2.75) is 310 Å². The average Bonchev–Trinajstić information content (AvgIpc) is 1.57. The maximum atomic E-state index is 12.8. The number of hydrogen-bond donors (Lipinski definition) is 4. The van der Waals surface area contributed by atoms with Gasteiger partial charge in [0.25, 0.3) is 0 Å². The minimum Gasteiger partial charge on any atom is -0.369 e. The molecular weight excluding hydrogens is 1340 g/mol. The molecule has 3 spiro atoms. The van der Waals surface area contributed by atoms with Crippen molar-refractivity contribution in [1.29, 1.82) is 0 Å². The van der Waals surface area contributed by atoms with Gasteiger partial charge in [-0.05, 0) is 286 Å². The maximum Gasteiger partial charge on any atom is 0.220 e. The van der Waals surface area contributed by atoms with Crippen molar-refractivity contribution in [2.24, 2.45) is 123 Å². The van der Waals surface area contributed by atoms with Crippen LogP contribution in [0.15, 0.2) is 33.4 Å². The molecule has 18 heteroatoms. The largest absolute Gasteiger partial charge is 0.369 e. The molecule has 582 valence electrons. The number of nitrogens with one attached hydrogen (secondary N) is 4. The number of allylic oxidation sites excluding steroid dienone is 3. The molecule has 9 aliphatic heterocycles. The second kappa shape index (κ2) is 27.3. The molecule has 16 nitrogen and oxygen atoms in total. The van der Waals surface area contributed by atoms with Crippen LogP contribution in [-0.4, -0.2) is 148 Å². The van der Waals surface area contributed by atoms with Crippen molar-refractivity contribution in [3.8, 4) is 0 Å². The van der Waals surface area contributed by atoms with Gasteiger partial charge < -0.3 is 35.5 Å². The molecule has 104 heavy (non-hydrogen) atoms. The van der Waals surface area contributed by atoms with Crippen molar-refractivity contribution in [3.63, 3.8) is 0 Å². The molecule has 0 bridgehead atoms. The highest BCUT2D eigenvalue weighted by Crippen LogP contribution is 2.68. The number of rotatable bonds is 2. The molecular formula is C86H136N6O10S2. The van der Waals surface area contributed by atoms with Crippen molar-refractivity contribution >= 4 is 37.8 Å². The fraction of sp³-hybridized carbons (Fsp3) is 0.895. The second-order valence-corrected chi connectivity index (χ2v) is 44.6. The number of carbonyl (C=O) groups is 3. The van der Waals surface area contributed by atoms with E-state index in [0.717, 1.165) is 133 Å². The monoisotopic (exact) mass is 1480 g/mol. The Morgan fingerprint density at radius 2 is 0.740 bits per heavy atom. The lowest BCUT2D eigenvalue weighted by molar-refractivity contribution is -0.121. The van der Waals surface area contributed by atoms with Gasteiger partial charge >= 0.3 is 0 Å². The Morgan fingerprint density at radius 1 is 0.413 bits per heavy atom. The normalized spacial score (nSPS) is 50.6. The lowest BCUT2D eigenvalue weighted by Crippen LogP contribution is -2.53. The third kappa shape index (κ3) is 12.6. The van der Waals surface area contributed by atoms with Gasteiger partial charge in [0.15, 0.2) is 0 Å². The summed E-state index contributed by atoms with van der Waals surface area (Å²) in [5.41, 5.74) is 10.2. The van der Waals surface area contributed by atoms with Crippen LogP contribution in [0.4, 0.5) is 0 Å². The van der Waals surface area contributed by atoms with Gasteiger partial charge in [0.05, 0.1) is 59.7 Å². The zero-order valence-electron chi connectivity index (χ0n) is 66.5. The lowest BCUT2D eigenvalue weighted by Gasteiger charge is -2.49. The third-order valence-electron chi connectivity index (χ3n) is 35.4. The molecule has 30 atom stereocenters. The molecule has 3 amide bonds. The zero-order valence-corrected chi connectivity index (χ0v) is 68.1. The fourth-order valence-electron chi connectivity index (χ4n) is 29.7. The van der Waals surface area contributed by atoms with Gasteiger partial charge in [0, 0.05) is 75.8 Å². The van der Waals surface area contributed by atoms with Gasteiger partial charge in [-0.15, -0.1) is 0 Å². The predicted octanol–water partition coefficient (Wildman–Crippen LogP) is 13.9. The van der Waals surface area contributed by atoms with Crippen LogP contribution in [0.2, 0.25) is 0 Å². The summed E-state index contributed by atoms with van der Waals surface area (Å²) in [7, 11) is -6.54. The van der Waals surface area contributed by atoms with E-state index in [0.29, 0.717) is 115 Å². The molecule has 0 radical (unpaired) electrons. The summed E-state index contributed by atoms with van der Waals surface area (Å²) in [6.07, 6.45) is 32.8. The van der Waals surface area contributed by atoms with Crippen LogP contribution in [0.3, 0.4) is 0 Å². The first-order valence-electron chi connectivity index (χ1n) is 42.7. The number of sulfonamides is 2. The smallest absolute Gasteiger partial charge is 0.220 e. The highest BCUT2D eigenvalue weighted by molar-refractivity contribution is 7.88. The number of ether oxygens (including phenoxy) is 3. The molecule has 9 aliphatic carbocycles. The first-order chi connectivity index (χ1) is 49.2. The summed E-state index contributed by atoms with van der Waals surface area (Å²) < 4.78 is 75.6. The minimum atomic E-state index is -3.27. The van der Waals surface area contributed by atoms with E-state index in [1.165, 1.54) is 101 Å². The Morgan fingerprint density at radius 3 is 1.09 bits per heavy atom. The summed E-state index contributed by atoms with van der Waals surface area (Å²) in [6, 6.07) is 0.468. The molecule has 0 unspecified atom stereocenters. The summed E-state index contributed by atoms with van der Waals surface area (Å²) in [6.45, 7) is 33.3. The topological polar surface area (TPSA) is 202 Å². The lowest BCUT2D eigenvalue weighted by atomic mass is 9.55. The van der Waals surface area contributed by atoms with E-state index in [9.17, 15) is 31.2 Å². The summed E-state index contributed by atoms with van der Waals surface area (Å²) in [5, 5.41) is 13.5. The van der Waals surface area contributed by atoms with Crippen molar-refractivity contribution in [2.75, 3.05) is 51.8 Å². The van der Waals surface area contributed by atoms with Crippen LogP contribution in [0.25, 0.3) is 0 Å². The Balaban J connectivity index is 0.000000120. The van der Waals surface area contributed by atoms with Gasteiger partial charge in [-0.25, -0.2) is 16.8 Å². The van der Waals surface area contributed by atoms with E-state index in [1.807, 2.05) is 0 Å². The van der Waals surface area contributed by atoms with Gasteiger partial charge in [-0.2, -0.15) is 8.61 Å². The highest BCUT2D eigenvalue weighted by atomic mass is 32.2. The van der Waals surface area contributed by atoms with E-state index in [-0.39, 0.29) is 81.5 Å². The minimum absolute atomic E-state index is 0.00680. The molecule has 6 saturated carbocycles. The molecule has 0 aromatic carbocycles. The molecule has 0 aromatic heterocycles. The Hall–Kier alpha value is -2.71. The maximum absolute atomic E-state index is 12.8. The van der Waals surface area contributed by atoms with Gasteiger partial charge in [0.1, 0.15) is 0 Å². The van der Waals surface area contributed by atoms with Crippen LogP contribution in [0, 0.1) is 123 Å². The van der Waals surface area contributed by atoms with Crippen molar-refractivity contribution < 1.29 is 45.4 Å². The number of fused-ring (bicyclic) bond motifs is 18. The molecule has 15 fully saturated rings. The first kappa shape index (κ1) is 75.3. The van der Waals surface area contributed by atoms with E-state index in [4.69, 9.17) is 14.2 Å². The number of hydrogen-bond acceptors (Lipinski definition) is 11. The van der Waals surface area contributed by atoms with Crippen LogP contribution in [-0.2, 0) is 48.6 Å². The predicted molar refractivity (Wildman–Crippen MR) is 408 cm³/mol. The van der Waals surface area contributed by atoms with Crippen molar-refractivity contribution in [3.05, 3.63) is 33.4 Å². The van der Waals surface area contributed by atoms with Crippen LogP contribution in [0.5, 0.6) is 0 Å². The Kier molecular flexibility index (Phi) is 19.8. The van der Waals surface area contributed by atoms with Crippen LogP contribution < -0.4 is 21.3 Å². The molecule has 4 N–H and O–H groups in total. The molecule has 18 rings (SSSR count). The van der Waals surface area contributed by atoms with Gasteiger partial charge in [-0.1, -0.05) is 95.8 Å². The van der Waals surface area contributed by atoms with Crippen molar-refractivity contribution in [1.82, 2.24) is 29.9 Å². The second-order valence-electron chi connectivity index (χ2n) is 40.7. The number of nitrogens with zero attached hydrogens (tertiary/aromatic N) is 2. The quantitative estimate of drug-likeness (QED) is 0.192. The van der Waals surface area contributed by atoms with Gasteiger partial charge in [0.2, 0.25) is 37.8 Å². The standard InChI is InChI=1S/2C29H46N2O4S.C28H44N2O2/c2*1-17-12-25-27(31(16-17)36(5,33)34)19(3)29(35-25)11-8-21-22-7-6-20-15-30-26(32)9-10-28(20,4)24(22)13-23(21)18(2)14-29;1-16-11-24-26(30-14-16)18(3)28(32-24)10-7-20-21-6-5-19-15-29-25(31)8-9-27(19,4)23(21)12-22(20)17(2)13-28/h2*17,19-22,24-25,27H,6-16H2,1-5H3,(H,30,32);16,18-21,23-24,26,30H,5-15H2,1-4H3,(H,29,31)/t2*17-,19+,20+,21-,22-,24-,25+,27-,28-,29-;16-,18+,19+,20-,21-,23-,24+,26-,27-,28-/m000/s1. The van der Waals surface area contributed by atoms with Crippen LogP contribution >= 0.6 is 0 Å². The summed E-state index contributed by atoms with van der Waals surface area (Å²) in [5.74, 6) is 11.4. The summed E-state index contributed by atoms with van der Waals surface area (Å²) >= 11 is 0. The third-order valence-corrected chi connectivity index (χ3v) is 37.9. The summed E-state index contributed by atoms with van der Waals surface area (Å²) in [4.78, 5) is 36.6. The van der Waals surface area contributed by atoms with E-state index in [1.54, 1.807) is 30.9 Å². The fourth-order valence-corrected chi connectivity index (χ4v) is 32.2. The Bertz CT molecular complexity index is 3540. The van der Waals surface area contributed by atoms with E-state index < -0.39 is 20.0 Å². The molecule has 9 saturated heterocycles. The number of amides is 3. The molecule has 9 heterocycles. The van der Waals surface area contributed by atoms with Gasteiger partial charge in [-0.3, -0.25) is 14.4 Å².